The van der Waals surface area contributed by atoms with E-state index in [0.29, 0.717) is 0 Å². The molecule has 17 heavy (non-hydrogen) atoms. The van der Waals surface area contributed by atoms with Crippen LogP contribution in [0.3, 0.4) is 0 Å². The van der Waals surface area contributed by atoms with E-state index in [-0.39, 0.29) is 6.92 Å². The summed E-state index contributed by atoms with van der Waals surface area (Å²) in [6, 6.07) is 8.32. The van der Waals surface area contributed by atoms with Crippen LogP contribution >= 0.6 is 0 Å². The van der Waals surface area contributed by atoms with Crippen molar-refractivity contribution in [2.75, 3.05) is 0 Å². The first-order valence-electron chi connectivity index (χ1n) is 5.65. The van der Waals surface area contributed by atoms with E-state index in [4.69, 9.17) is 0 Å². The second kappa shape index (κ2) is 9.94. The van der Waals surface area contributed by atoms with Gasteiger partial charge in [-0.3, -0.25) is 0 Å². The Morgan fingerprint density at radius 1 is 1.18 bits per heavy atom. The van der Waals surface area contributed by atoms with Crippen LogP contribution in [0.4, 0.5) is 13.2 Å². The minimum Gasteiger partial charge on any atom is -0.172 e. The van der Waals surface area contributed by atoms with Gasteiger partial charge < -0.3 is 0 Å². The average Bonchev–Trinajstić information content (AvgIpc) is 2.29. The zero-order valence-electron chi connectivity index (χ0n) is 10.9. The fourth-order valence-electron chi connectivity index (χ4n) is 1.06. The molecule has 0 spiro atoms. The van der Waals surface area contributed by atoms with Gasteiger partial charge >= 0.3 is 6.18 Å². The number of benzene rings is 1. The molecule has 0 atom stereocenters. The monoisotopic (exact) mass is 246 g/mol. The smallest absolute Gasteiger partial charge is 0.172 e. The van der Waals surface area contributed by atoms with Crippen LogP contribution in [0.15, 0.2) is 30.8 Å². The van der Waals surface area contributed by atoms with Gasteiger partial charge in [-0.15, -0.1) is 0 Å². The number of rotatable bonds is 2. The molecule has 0 N–H and O–H groups in total. The number of alkyl halides is 3. The van der Waals surface area contributed by atoms with Gasteiger partial charge in [0.15, 0.2) is 0 Å². The maximum atomic E-state index is 10.4. The Morgan fingerprint density at radius 2 is 1.59 bits per heavy atom. The van der Waals surface area contributed by atoms with Gasteiger partial charge in [0.1, 0.15) is 0 Å². The Balaban J connectivity index is 0. The second-order valence-electron chi connectivity index (χ2n) is 3.04. The van der Waals surface area contributed by atoms with Crippen molar-refractivity contribution >= 4 is 6.08 Å². The maximum Gasteiger partial charge on any atom is 0.386 e. The van der Waals surface area contributed by atoms with Gasteiger partial charge in [-0.2, -0.15) is 13.2 Å². The number of aryl methyl sites for hydroxylation is 1. The first-order chi connectivity index (χ1) is 7.88. The molecular formula is C14H21F3. The minimum atomic E-state index is -4.00. The highest BCUT2D eigenvalue weighted by Gasteiger charge is 2.15. The van der Waals surface area contributed by atoms with Crippen LogP contribution in [-0.2, 0) is 6.42 Å². The van der Waals surface area contributed by atoms with E-state index < -0.39 is 6.18 Å². The van der Waals surface area contributed by atoms with Crippen LogP contribution < -0.4 is 0 Å². The van der Waals surface area contributed by atoms with Crippen molar-refractivity contribution in [1.29, 1.82) is 0 Å². The summed E-state index contributed by atoms with van der Waals surface area (Å²) in [4.78, 5) is 0. The Kier molecular flexibility index (Phi) is 10.6. The number of hydrogen-bond donors (Lipinski definition) is 0. The lowest BCUT2D eigenvalue weighted by Gasteiger charge is -1.99. The molecule has 0 saturated carbocycles. The molecule has 1 rings (SSSR count). The molecular weight excluding hydrogens is 225 g/mol. The van der Waals surface area contributed by atoms with Crippen molar-refractivity contribution in [1.82, 2.24) is 0 Å². The summed E-state index contributed by atoms with van der Waals surface area (Å²) >= 11 is 0. The molecule has 0 aliphatic heterocycles. The lowest BCUT2D eigenvalue weighted by Crippen LogP contribution is -1.95. The molecule has 0 saturated heterocycles. The predicted octanol–water partition coefficient (Wildman–Crippen LogP) is 5.49. The molecule has 0 unspecified atom stereocenters. The summed E-state index contributed by atoms with van der Waals surface area (Å²) in [5.41, 5.74) is 2.63. The predicted molar refractivity (Wildman–Crippen MR) is 69.0 cm³/mol. The van der Waals surface area contributed by atoms with Crippen LogP contribution in [0.25, 0.3) is 6.08 Å². The molecule has 1 aromatic rings. The summed E-state index contributed by atoms with van der Waals surface area (Å²) in [6.45, 7) is 10.1. The largest absolute Gasteiger partial charge is 0.386 e. The molecule has 0 aliphatic carbocycles. The molecule has 0 aliphatic rings. The Bertz CT molecular complexity index is 295. The normalized spacial score (nSPS) is 9.35. The van der Waals surface area contributed by atoms with Crippen LogP contribution in [-0.4, -0.2) is 6.18 Å². The summed E-state index contributed by atoms with van der Waals surface area (Å²) in [6.07, 6.45) is -1.01. The van der Waals surface area contributed by atoms with Crippen molar-refractivity contribution in [3.8, 4) is 0 Å². The van der Waals surface area contributed by atoms with Gasteiger partial charge in [0.25, 0.3) is 0 Å². The van der Waals surface area contributed by atoms with Crippen LogP contribution in [0.2, 0.25) is 0 Å². The van der Waals surface area contributed by atoms with E-state index in [1.807, 2.05) is 26.0 Å². The molecule has 0 amide bonds. The van der Waals surface area contributed by atoms with E-state index in [1.165, 1.54) is 11.1 Å². The quantitative estimate of drug-likeness (QED) is 0.647. The molecule has 0 fully saturated rings. The fraction of sp³-hybridized carbons (Fsp3) is 0.429. The second-order valence-corrected chi connectivity index (χ2v) is 3.04. The molecule has 3 heteroatoms. The molecule has 0 radical (unpaired) electrons. The topological polar surface area (TPSA) is 0 Å². The van der Waals surface area contributed by atoms with Gasteiger partial charge in [0.05, 0.1) is 0 Å². The highest BCUT2D eigenvalue weighted by molar-refractivity contribution is 5.51. The first kappa shape index (κ1) is 18.1. The zero-order valence-corrected chi connectivity index (χ0v) is 10.9. The maximum absolute atomic E-state index is 10.4. The van der Waals surface area contributed by atoms with Crippen molar-refractivity contribution in [2.45, 2.75) is 40.3 Å². The van der Waals surface area contributed by atoms with Crippen molar-refractivity contribution in [2.24, 2.45) is 0 Å². The van der Waals surface area contributed by atoms with E-state index in [1.54, 1.807) is 0 Å². The van der Waals surface area contributed by atoms with E-state index in [0.717, 1.165) is 6.42 Å². The molecule has 0 bridgehead atoms. The highest BCUT2D eigenvalue weighted by atomic mass is 19.4. The Morgan fingerprint density at radius 3 is 1.88 bits per heavy atom. The number of hydrogen-bond acceptors (Lipinski definition) is 0. The zero-order chi connectivity index (χ0) is 13.9. The lowest BCUT2D eigenvalue weighted by atomic mass is 10.1. The fourth-order valence-corrected chi connectivity index (χ4v) is 1.06. The van der Waals surface area contributed by atoms with Crippen LogP contribution in [0.5, 0.6) is 0 Å². The summed E-state index contributed by atoms with van der Waals surface area (Å²) in [5.74, 6) is 0. The standard InChI is InChI=1S/C10H12.C2H3F3.C2H6/c1-3-9-7-5-6-8-10(9)4-2;1-2(3,4)5;1-2/h3,5-8H,1,4H2,2H3;1H3;1-2H3. The highest BCUT2D eigenvalue weighted by Crippen LogP contribution is 2.10. The molecule has 0 nitrogen and oxygen atoms in total. The van der Waals surface area contributed by atoms with Gasteiger partial charge in [-0.1, -0.05) is 57.7 Å². The van der Waals surface area contributed by atoms with Gasteiger partial charge in [0.2, 0.25) is 0 Å². The minimum absolute atomic E-state index is 0.188. The van der Waals surface area contributed by atoms with E-state index in [2.05, 4.69) is 31.7 Å². The van der Waals surface area contributed by atoms with Gasteiger partial charge in [0, 0.05) is 6.92 Å². The number of halogens is 3. The summed E-state index contributed by atoms with van der Waals surface area (Å²) < 4.78 is 31.1. The molecule has 0 aromatic heterocycles. The Hall–Kier alpha value is -1.25. The summed E-state index contributed by atoms with van der Waals surface area (Å²) in [5, 5.41) is 0. The molecule has 0 heterocycles. The average molecular weight is 246 g/mol. The Labute approximate surface area is 102 Å². The van der Waals surface area contributed by atoms with E-state index in [9.17, 15) is 13.2 Å². The van der Waals surface area contributed by atoms with Crippen molar-refractivity contribution in [3.05, 3.63) is 42.0 Å². The van der Waals surface area contributed by atoms with Gasteiger partial charge in [-0.25, -0.2) is 0 Å². The van der Waals surface area contributed by atoms with Crippen molar-refractivity contribution < 1.29 is 13.2 Å². The third-order valence-electron chi connectivity index (χ3n) is 1.66. The van der Waals surface area contributed by atoms with Crippen LogP contribution in [0, 0.1) is 0 Å². The van der Waals surface area contributed by atoms with Gasteiger partial charge in [-0.05, 0) is 17.5 Å². The molecule has 1 aromatic carbocycles. The molecule has 98 valence electrons. The summed E-state index contributed by atoms with van der Waals surface area (Å²) in [7, 11) is 0. The first-order valence-corrected chi connectivity index (χ1v) is 5.65. The third kappa shape index (κ3) is 12.7. The SMILES string of the molecule is C=Cc1ccccc1CC.CC.CC(F)(F)F. The van der Waals surface area contributed by atoms with Crippen LogP contribution in [0.1, 0.15) is 38.8 Å². The van der Waals surface area contributed by atoms with E-state index >= 15 is 0 Å². The van der Waals surface area contributed by atoms with Crippen molar-refractivity contribution in [3.63, 3.8) is 0 Å². The third-order valence-corrected chi connectivity index (χ3v) is 1.66. The lowest BCUT2D eigenvalue weighted by molar-refractivity contribution is -0.110.